The molecule has 1 saturated carbocycles. The molecule has 3 aromatic rings. The number of aliphatic hydroxyl groups excluding tert-OH is 2. The summed E-state index contributed by atoms with van der Waals surface area (Å²) < 4.78 is 38.9. The van der Waals surface area contributed by atoms with Gasteiger partial charge in [0.1, 0.15) is 24.1 Å². The van der Waals surface area contributed by atoms with Crippen LogP contribution in [0.15, 0.2) is 96.2 Å². The van der Waals surface area contributed by atoms with Gasteiger partial charge < -0.3 is 48.8 Å². The summed E-state index contributed by atoms with van der Waals surface area (Å²) in [5, 5.41) is 28.3. The molecule has 0 bridgehead atoms. The summed E-state index contributed by atoms with van der Waals surface area (Å²) in [6.07, 6.45) is 31.1. The number of aliphatic hydroxyl groups is 2. The minimum absolute atomic E-state index is 0.00473. The van der Waals surface area contributed by atoms with Crippen molar-refractivity contribution >= 4 is 17.9 Å². The zero-order chi connectivity index (χ0) is 57.6. The molecular formula is C68H99N3O11. The van der Waals surface area contributed by atoms with Crippen molar-refractivity contribution < 1.29 is 53.1 Å². The second-order valence-electron chi connectivity index (χ2n) is 23.1. The van der Waals surface area contributed by atoms with Crippen molar-refractivity contribution in [1.29, 1.82) is 0 Å². The van der Waals surface area contributed by atoms with Gasteiger partial charge in [0.05, 0.1) is 24.8 Å². The van der Waals surface area contributed by atoms with E-state index in [-0.39, 0.29) is 70.5 Å². The first kappa shape index (κ1) is 64.0. The lowest BCUT2D eigenvalue weighted by Gasteiger charge is -2.59. The maximum absolute atomic E-state index is 15.3. The molecule has 2 aliphatic carbocycles. The highest BCUT2D eigenvalue weighted by molar-refractivity contribution is 6.03. The summed E-state index contributed by atoms with van der Waals surface area (Å²) in [5.74, 6) is -0.317. The molecule has 2 amide bonds. The van der Waals surface area contributed by atoms with Crippen LogP contribution in [0.1, 0.15) is 210 Å². The molecule has 452 valence electrons. The molecular weight excluding hydrogens is 1030 g/mol. The summed E-state index contributed by atoms with van der Waals surface area (Å²) in [7, 11) is 0. The minimum Gasteiger partial charge on any atom is -0.459 e. The summed E-state index contributed by atoms with van der Waals surface area (Å²) >= 11 is 0. The molecule has 14 heteroatoms. The largest absolute Gasteiger partial charge is 0.459 e. The molecule has 7 rings (SSSR count). The number of amides is 2. The van der Waals surface area contributed by atoms with Crippen molar-refractivity contribution in [3.05, 3.63) is 108 Å². The second-order valence-corrected chi connectivity index (χ2v) is 23.1. The number of nitrogens with zero attached hydrogens (tertiary/aromatic N) is 2. The fourth-order valence-electron chi connectivity index (χ4n) is 12.8. The lowest BCUT2D eigenvalue weighted by Crippen LogP contribution is -2.70. The molecule has 82 heavy (non-hydrogen) atoms. The average Bonchev–Trinajstić information content (AvgIpc) is 3.77. The number of carbonyl (C=O) groups is 2. The van der Waals surface area contributed by atoms with E-state index in [1.807, 2.05) is 60.7 Å². The highest BCUT2D eigenvalue weighted by Crippen LogP contribution is 2.62. The molecule has 0 unspecified atom stereocenters. The first-order valence-electron chi connectivity index (χ1n) is 31.9. The predicted molar refractivity (Wildman–Crippen MR) is 323 cm³/mol. The standard InChI is InChI=1S/C68H99N3O11/c1-4-7-9-11-13-15-17-19-21-28-40-69-66(74)81-55-37-39-60-58(47-55)64-56(35-27-30-42-73)54(34-26-29-41-72)46-57-59(70-80-50-52-32-24-23-25-33-52)48-63(68(82-60,65(57)64)79-43-6-3)71(49-53-36-38-61-62(45-53)78-51-77-61)67(75)76-44-31-22-20-18-16-14-12-10-8-5-2/h6,23-25,32-33,36-39,45-47,54,56,63-65,72-73H,3-5,7-22,26-31,34-35,40-44,48-51H2,1-2H3,(H,69,74)/t54-,56+,63-,64+,65+,68+/m0/s1. The van der Waals surface area contributed by atoms with E-state index in [0.717, 1.165) is 92.9 Å². The molecule has 3 N–H and O–H groups in total. The molecule has 1 fully saturated rings. The number of fused-ring (bicyclic) bond motifs is 3. The number of hydrogen-bond acceptors (Lipinski definition) is 12. The Morgan fingerprint density at radius 3 is 2.06 bits per heavy atom. The molecule has 6 atom stereocenters. The zero-order valence-corrected chi connectivity index (χ0v) is 49.8. The molecule has 0 radical (unpaired) electrons. The van der Waals surface area contributed by atoms with Crippen molar-refractivity contribution in [3.8, 4) is 23.0 Å². The van der Waals surface area contributed by atoms with Crippen LogP contribution in [0.2, 0.25) is 0 Å². The van der Waals surface area contributed by atoms with Gasteiger partial charge in [0.2, 0.25) is 12.6 Å². The molecule has 2 heterocycles. The van der Waals surface area contributed by atoms with Gasteiger partial charge >= 0.3 is 12.2 Å². The Morgan fingerprint density at radius 1 is 0.732 bits per heavy atom. The van der Waals surface area contributed by atoms with E-state index in [9.17, 15) is 15.0 Å². The summed E-state index contributed by atoms with van der Waals surface area (Å²) in [6, 6.07) is 20.4. The Bertz CT molecular complexity index is 2430. The number of rotatable bonds is 40. The molecule has 0 aromatic heterocycles. The SMILES string of the molecule is C=CCO[C@@]12Oc3ccc(OC(=O)NCCCCCCCCCCCC)cc3[C@H]3[C@H](CCCCO)[C@@H](CCCCO)C=C(C(=NOCc4ccccc4)C[C@@H]1N(Cc1ccc4c(c1)OCO4)C(=O)OCCCCCCCCCCCC)[C@H]32. The van der Waals surface area contributed by atoms with Crippen LogP contribution >= 0.6 is 0 Å². The van der Waals surface area contributed by atoms with E-state index < -0.39 is 29.9 Å². The van der Waals surface area contributed by atoms with Gasteiger partial charge in [0.15, 0.2) is 11.5 Å². The van der Waals surface area contributed by atoms with Gasteiger partial charge in [-0.25, -0.2) is 9.59 Å². The van der Waals surface area contributed by atoms with E-state index in [4.69, 9.17) is 38.4 Å². The number of benzene rings is 3. The van der Waals surface area contributed by atoms with Crippen molar-refractivity contribution in [2.75, 3.05) is 39.8 Å². The van der Waals surface area contributed by atoms with Gasteiger partial charge in [-0.1, -0.05) is 196 Å². The Labute approximate surface area is 490 Å². The number of ether oxygens (including phenoxy) is 6. The number of carbonyl (C=O) groups excluding carboxylic acids is 2. The van der Waals surface area contributed by atoms with E-state index in [2.05, 4.69) is 31.8 Å². The Hall–Kier alpha value is -5.57. The van der Waals surface area contributed by atoms with Crippen molar-refractivity contribution in [1.82, 2.24) is 10.2 Å². The van der Waals surface area contributed by atoms with Crippen LogP contribution in [0.5, 0.6) is 23.0 Å². The van der Waals surface area contributed by atoms with Crippen LogP contribution in [-0.4, -0.2) is 84.6 Å². The summed E-state index contributed by atoms with van der Waals surface area (Å²) in [5.41, 5.74) is 4.18. The van der Waals surface area contributed by atoms with Gasteiger partial charge in [-0.3, -0.25) is 4.90 Å². The lowest BCUT2D eigenvalue weighted by molar-refractivity contribution is -0.256. The first-order chi connectivity index (χ1) is 40.3. The van der Waals surface area contributed by atoms with Gasteiger partial charge in [-0.15, -0.1) is 6.58 Å². The number of hydrogen-bond donors (Lipinski definition) is 3. The van der Waals surface area contributed by atoms with Crippen molar-refractivity contribution in [2.24, 2.45) is 22.9 Å². The number of unbranched alkanes of at least 4 members (excludes halogenated alkanes) is 20. The number of oxime groups is 1. The summed E-state index contributed by atoms with van der Waals surface area (Å²) in [4.78, 5) is 37.0. The Kier molecular flexibility index (Phi) is 27.7. The first-order valence-corrected chi connectivity index (χ1v) is 31.9. The third kappa shape index (κ3) is 18.7. The van der Waals surface area contributed by atoms with E-state index in [0.29, 0.717) is 48.1 Å². The van der Waals surface area contributed by atoms with Crippen LogP contribution in [0.4, 0.5) is 9.59 Å². The van der Waals surface area contributed by atoms with Crippen LogP contribution in [-0.2, 0) is 27.5 Å². The smallest absolute Gasteiger partial charge is 0.412 e. The normalized spacial score (nSPS) is 20.8. The van der Waals surface area contributed by atoms with Gasteiger partial charge in [-0.05, 0) is 97.4 Å². The maximum Gasteiger partial charge on any atom is 0.412 e. The van der Waals surface area contributed by atoms with Crippen LogP contribution in [0, 0.1) is 17.8 Å². The molecule has 2 aliphatic heterocycles. The van der Waals surface area contributed by atoms with Gasteiger partial charge in [-0.2, -0.15) is 0 Å². The van der Waals surface area contributed by atoms with Crippen molar-refractivity contribution in [3.63, 3.8) is 0 Å². The maximum atomic E-state index is 15.3. The third-order valence-electron chi connectivity index (χ3n) is 17.0. The van der Waals surface area contributed by atoms with E-state index in [1.54, 1.807) is 17.0 Å². The Balaban J connectivity index is 1.26. The number of allylic oxidation sites excluding steroid dienone is 1. The minimum atomic E-state index is -1.54. The van der Waals surface area contributed by atoms with Crippen LogP contribution in [0.25, 0.3) is 0 Å². The van der Waals surface area contributed by atoms with E-state index >= 15 is 4.79 Å². The highest BCUT2D eigenvalue weighted by Gasteiger charge is 2.66. The van der Waals surface area contributed by atoms with E-state index in [1.165, 1.54) is 83.5 Å². The van der Waals surface area contributed by atoms with Gasteiger partial charge in [0.25, 0.3) is 0 Å². The fourth-order valence-corrected chi connectivity index (χ4v) is 12.8. The molecule has 0 spiro atoms. The fraction of sp³-hybridized carbons (Fsp3) is 0.632. The molecule has 3 aromatic carbocycles. The highest BCUT2D eigenvalue weighted by atomic mass is 16.7. The Morgan fingerprint density at radius 2 is 1.38 bits per heavy atom. The van der Waals surface area contributed by atoms with Crippen molar-refractivity contribution in [2.45, 2.75) is 218 Å². The predicted octanol–water partition coefficient (Wildman–Crippen LogP) is 15.8. The van der Waals surface area contributed by atoms with Crippen LogP contribution in [0.3, 0.4) is 0 Å². The second kappa shape index (κ2) is 35.5. The van der Waals surface area contributed by atoms with Gasteiger partial charge in [0, 0.05) is 44.2 Å². The molecule has 4 aliphatic rings. The number of nitrogens with one attached hydrogen (secondary N) is 1. The molecule has 0 saturated heterocycles. The molecule has 14 nitrogen and oxygen atoms in total. The summed E-state index contributed by atoms with van der Waals surface area (Å²) in [6.45, 7) is 10.1. The topological polar surface area (TPSA) is 167 Å². The quantitative estimate of drug-likeness (QED) is 0.0282. The zero-order valence-electron chi connectivity index (χ0n) is 49.8. The average molecular weight is 1130 g/mol. The third-order valence-corrected chi connectivity index (χ3v) is 17.0. The van der Waals surface area contributed by atoms with Crippen LogP contribution < -0.4 is 24.3 Å². The lowest BCUT2D eigenvalue weighted by atomic mass is 9.55. The monoisotopic (exact) mass is 1130 g/mol.